The Morgan fingerprint density at radius 2 is 1.87 bits per heavy atom. The molecule has 88 valence electrons. The fourth-order valence-corrected chi connectivity index (χ4v) is 3.25. The minimum atomic E-state index is 0.830. The molecule has 2 saturated heterocycles. The van der Waals surface area contributed by atoms with Crippen LogP contribution in [0.15, 0.2) is 0 Å². The molecule has 1 atom stereocenters. The molecular formula is C13H26N2. The van der Waals surface area contributed by atoms with Crippen LogP contribution in [0.2, 0.25) is 0 Å². The van der Waals surface area contributed by atoms with Gasteiger partial charge in [0.05, 0.1) is 0 Å². The maximum absolute atomic E-state index is 3.47. The molecule has 2 heterocycles. The van der Waals surface area contributed by atoms with Crippen LogP contribution in [0.5, 0.6) is 0 Å². The van der Waals surface area contributed by atoms with E-state index in [2.05, 4.69) is 24.1 Å². The first-order valence-corrected chi connectivity index (χ1v) is 6.69. The lowest BCUT2D eigenvalue weighted by Crippen LogP contribution is -2.33. The largest absolute Gasteiger partial charge is 0.317 e. The zero-order valence-corrected chi connectivity index (χ0v) is 10.3. The van der Waals surface area contributed by atoms with Gasteiger partial charge in [0.2, 0.25) is 0 Å². The maximum atomic E-state index is 3.47. The predicted molar refractivity (Wildman–Crippen MR) is 65.0 cm³/mol. The minimum Gasteiger partial charge on any atom is -0.317 e. The Hall–Kier alpha value is -0.0800. The van der Waals surface area contributed by atoms with Gasteiger partial charge in [0, 0.05) is 13.1 Å². The van der Waals surface area contributed by atoms with Crippen LogP contribution < -0.4 is 5.32 Å². The number of nitrogens with one attached hydrogen (secondary N) is 1. The zero-order valence-electron chi connectivity index (χ0n) is 10.3. The molecule has 2 aliphatic rings. The zero-order chi connectivity index (χ0) is 10.7. The SMILES string of the molecule is CC(C)CN1CCC(C2CCNCC2)C1. The highest BCUT2D eigenvalue weighted by molar-refractivity contribution is 4.83. The fraction of sp³-hybridized carbons (Fsp3) is 1.00. The van der Waals surface area contributed by atoms with E-state index in [0.717, 1.165) is 17.8 Å². The number of piperidine rings is 1. The molecule has 2 fully saturated rings. The van der Waals surface area contributed by atoms with Crippen molar-refractivity contribution in [3.8, 4) is 0 Å². The average Bonchev–Trinajstić information content (AvgIpc) is 2.67. The van der Waals surface area contributed by atoms with Crippen molar-refractivity contribution in [1.82, 2.24) is 10.2 Å². The molecule has 1 N–H and O–H groups in total. The van der Waals surface area contributed by atoms with Crippen molar-refractivity contribution in [2.75, 3.05) is 32.7 Å². The summed E-state index contributed by atoms with van der Waals surface area (Å²) in [4.78, 5) is 2.68. The number of nitrogens with zero attached hydrogens (tertiary/aromatic N) is 1. The summed E-state index contributed by atoms with van der Waals surface area (Å²) in [5.74, 6) is 2.85. The van der Waals surface area contributed by atoms with E-state index in [1.54, 1.807) is 0 Å². The molecule has 2 aliphatic heterocycles. The highest BCUT2D eigenvalue weighted by atomic mass is 15.1. The number of likely N-dealkylation sites (tertiary alicyclic amines) is 1. The van der Waals surface area contributed by atoms with Crippen molar-refractivity contribution in [3.63, 3.8) is 0 Å². The summed E-state index contributed by atoms with van der Waals surface area (Å²) < 4.78 is 0. The van der Waals surface area contributed by atoms with E-state index in [4.69, 9.17) is 0 Å². The van der Waals surface area contributed by atoms with E-state index in [0.29, 0.717) is 0 Å². The lowest BCUT2D eigenvalue weighted by Gasteiger charge is -2.28. The van der Waals surface area contributed by atoms with Crippen molar-refractivity contribution in [2.45, 2.75) is 33.1 Å². The lowest BCUT2D eigenvalue weighted by atomic mass is 9.84. The monoisotopic (exact) mass is 210 g/mol. The van der Waals surface area contributed by atoms with Crippen molar-refractivity contribution in [1.29, 1.82) is 0 Å². The van der Waals surface area contributed by atoms with Gasteiger partial charge in [-0.15, -0.1) is 0 Å². The van der Waals surface area contributed by atoms with Gasteiger partial charge in [-0.3, -0.25) is 0 Å². The van der Waals surface area contributed by atoms with Gasteiger partial charge in [-0.1, -0.05) is 13.8 Å². The topological polar surface area (TPSA) is 15.3 Å². The molecule has 0 amide bonds. The number of rotatable bonds is 3. The highest BCUT2D eigenvalue weighted by Crippen LogP contribution is 2.30. The third kappa shape index (κ3) is 3.18. The first kappa shape index (κ1) is 11.4. The minimum absolute atomic E-state index is 0.830. The van der Waals surface area contributed by atoms with E-state index < -0.39 is 0 Å². The van der Waals surface area contributed by atoms with Gasteiger partial charge in [0.25, 0.3) is 0 Å². The van der Waals surface area contributed by atoms with Crippen LogP contribution in [0, 0.1) is 17.8 Å². The van der Waals surface area contributed by atoms with Gasteiger partial charge in [-0.05, 0) is 56.7 Å². The second-order valence-corrected chi connectivity index (χ2v) is 5.79. The van der Waals surface area contributed by atoms with E-state index in [9.17, 15) is 0 Å². The quantitative estimate of drug-likeness (QED) is 0.766. The van der Waals surface area contributed by atoms with Crippen molar-refractivity contribution in [3.05, 3.63) is 0 Å². The van der Waals surface area contributed by atoms with Crippen LogP contribution >= 0.6 is 0 Å². The molecule has 0 aromatic rings. The van der Waals surface area contributed by atoms with Crippen LogP contribution in [-0.2, 0) is 0 Å². The molecular weight excluding hydrogens is 184 g/mol. The summed E-state index contributed by atoms with van der Waals surface area (Å²) in [6, 6.07) is 0. The molecule has 0 aromatic carbocycles. The molecule has 15 heavy (non-hydrogen) atoms. The first-order chi connectivity index (χ1) is 7.25. The summed E-state index contributed by atoms with van der Waals surface area (Å²) in [5, 5.41) is 3.47. The molecule has 0 bridgehead atoms. The Morgan fingerprint density at radius 1 is 1.13 bits per heavy atom. The standard InChI is InChI=1S/C13H26N2/c1-11(2)9-15-8-5-13(10-15)12-3-6-14-7-4-12/h11-14H,3-10H2,1-2H3. The number of hydrogen-bond donors (Lipinski definition) is 1. The van der Waals surface area contributed by atoms with E-state index >= 15 is 0 Å². The van der Waals surface area contributed by atoms with Gasteiger partial charge in [0.1, 0.15) is 0 Å². The predicted octanol–water partition coefficient (Wildman–Crippen LogP) is 1.96. The Labute approximate surface area is 94.4 Å². The molecule has 0 radical (unpaired) electrons. The summed E-state index contributed by atoms with van der Waals surface area (Å²) in [6.07, 6.45) is 4.29. The maximum Gasteiger partial charge on any atom is 0.00129 e. The van der Waals surface area contributed by atoms with Crippen LogP contribution in [0.1, 0.15) is 33.1 Å². The molecule has 0 saturated carbocycles. The van der Waals surface area contributed by atoms with Crippen molar-refractivity contribution < 1.29 is 0 Å². The summed E-state index contributed by atoms with van der Waals surface area (Å²) in [5.41, 5.74) is 0. The Balaban J connectivity index is 1.76. The third-order valence-electron chi connectivity index (χ3n) is 3.98. The molecule has 2 nitrogen and oxygen atoms in total. The lowest BCUT2D eigenvalue weighted by molar-refractivity contribution is 0.235. The van der Waals surface area contributed by atoms with E-state index in [-0.39, 0.29) is 0 Å². The summed E-state index contributed by atoms with van der Waals surface area (Å²) in [7, 11) is 0. The molecule has 0 aliphatic carbocycles. The van der Waals surface area contributed by atoms with E-state index in [1.165, 1.54) is 52.0 Å². The summed E-state index contributed by atoms with van der Waals surface area (Å²) >= 11 is 0. The van der Waals surface area contributed by atoms with Crippen LogP contribution in [-0.4, -0.2) is 37.6 Å². The first-order valence-electron chi connectivity index (χ1n) is 6.69. The van der Waals surface area contributed by atoms with Crippen LogP contribution in [0.25, 0.3) is 0 Å². The van der Waals surface area contributed by atoms with Crippen molar-refractivity contribution >= 4 is 0 Å². The fourth-order valence-electron chi connectivity index (χ4n) is 3.25. The van der Waals surface area contributed by atoms with Gasteiger partial charge in [-0.2, -0.15) is 0 Å². The summed E-state index contributed by atoms with van der Waals surface area (Å²) in [6.45, 7) is 11.2. The second kappa shape index (κ2) is 5.31. The number of hydrogen-bond acceptors (Lipinski definition) is 2. The normalized spacial score (nSPS) is 30.2. The van der Waals surface area contributed by atoms with Gasteiger partial charge in [0.15, 0.2) is 0 Å². The van der Waals surface area contributed by atoms with Gasteiger partial charge >= 0.3 is 0 Å². The molecule has 0 spiro atoms. The smallest absolute Gasteiger partial charge is 0.00129 e. The molecule has 2 rings (SSSR count). The highest BCUT2D eigenvalue weighted by Gasteiger charge is 2.30. The van der Waals surface area contributed by atoms with Crippen LogP contribution in [0.4, 0.5) is 0 Å². The Kier molecular flexibility index (Phi) is 4.04. The van der Waals surface area contributed by atoms with Crippen molar-refractivity contribution in [2.24, 2.45) is 17.8 Å². The molecule has 2 heteroatoms. The Bertz CT molecular complexity index is 185. The molecule has 1 unspecified atom stereocenters. The molecule has 0 aromatic heterocycles. The third-order valence-corrected chi connectivity index (χ3v) is 3.98. The Morgan fingerprint density at radius 3 is 2.53 bits per heavy atom. The van der Waals surface area contributed by atoms with Gasteiger partial charge in [-0.25, -0.2) is 0 Å². The van der Waals surface area contributed by atoms with Gasteiger partial charge < -0.3 is 10.2 Å². The van der Waals surface area contributed by atoms with Crippen LogP contribution in [0.3, 0.4) is 0 Å². The second-order valence-electron chi connectivity index (χ2n) is 5.79. The van der Waals surface area contributed by atoms with E-state index in [1.807, 2.05) is 0 Å². The average molecular weight is 210 g/mol.